The number of aliphatic carboxylic acids is 1. The Morgan fingerprint density at radius 1 is 1.43 bits per heavy atom. The molecule has 2 N–H and O–H groups in total. The van der Waals surface area contributed by atoms with Gasteiger partial charge in [0.05, 0.1) is 6.54 Å². The van der Waals surface area contributed by atoms with Gasteiger partial charge in [0.2, 0.25) is 0 Å². The number of nitrogens with one attached hydrogen (secondary N) is 1. The van der Waals surface area contributed by atoms with Crippen LogP contribution in [0.25, 0.3) is 0 Å². The number of nitrogens with zero attached hydrogens (tertiary/aromatic N) is 1. The summed E-state index contributed by atoms with van der Waals surface area (Å²) in [4.78, 5) is 10.6. The number of carboxylic acid groups (broad SMARTS) is 1. The van der Waals surface area contributed by atoms with Crippen LogP contribution >= 0.6 is 0 Å². The maximum absolute atomic E-state index is 10.6. The summed E-state index contributed by atoms with van der Waals surface area (Å²) in [5, 5.41) is 15.9. The van der Waals surface area contributed by atoms with Crippen molar-refractivity contribution >= 4 is 11.7 Å². The molecule has 6 nitrogen and oxygen atoms in total. The molecule has 0 bridgehead atoms. The summed E-state index contributed by atoms with van der Waals surface area (Å²) in [5.74, 6) is -0.105. The number of carboxylic acids is 1. The number of aryl methyl sites for hydroxylation is 1. The van der Waals surface area contributed by atoms with E-state index in [2.05, 4.69) is 10.5 Å². The highest BCUT2D eigenvalue weighted by atomic mass is 16.5. The van der Waals surface area contributed by atoms with Gasteiger partial charge in [-0.1, -0.05) is 17.3 Å². The fraction of sp³-hybridized carbons (Fsp3) is 0.333. The average Bonchev–Trinajstić information content (AvgIpc) is 2.92. The molecule has 2 rings (SSSR count). The SMILES string of the molecule is COCc1cc(CNc2cccc(CCC(=O)O)c2)no1. The standard InChI is InChI=1S/C15H18N2O4/c1-20-10-14-8-13(17-21-14)9-16-12-4-2-3-11(7-12)5-6-15(18)19/h2-4,7-8,16H,5-6,9-10H2,1H3,(H,18,19). The molecule has 6 heteroatoms. The van der Waals surface area contributed by atoms with Crippen LogP contribution in [0.5, 0.6) is 0 Å². The van der Waals surface area contributed by atoms with Crippen molar-refractivity contribution in [2.75, 3.05) is 12.4 Å². The molecular weight excluding hydrogens is 272 g/mol. The minimum atomic E-state index is -0.790. The van der Waals surface area contributed by atoms with E-state index in [0.29, 0.717) is 25.3 Å². The van der Waals surface area contributed by atoms with E-state index >= 15 is 0 Å². The Kier molecular flexibility index (Phi) is 5.34. The van der Waals surface area contributed by atoms with Crippen molar-refractivity contribution in [1.82, 2.24) is 5.16 Å². The number of anilines is 1. The van der Waals surface area contributed by atoms with Crippen LogP contribution in [0.15, 0.2) is 34.9 Å². The van der Waals surface area contributed by atoms with Crippen LogP contribution in [0, 0.1) is 0 Å². The van der Waals surface area contributed by atoms with Gasteiger partial charge in [-0.25, -0.2) is 0 Å². The topological polar surface area (TPSA) is 84.6 Å². The molecule has 1 aromatic heterocycles. The highest BCUT2D eigenvalue weighted by molar-refractivity contribution is 5.67. The van der Waals surface area contributed by atoms with Gasteiger partial charge in [-0.3, -0.25) is 4.79 Å². The monoisotopic (exact) mass is 290 g/mol. The van der Waals surface area contributed by atoms with Gasteiger partial charge in [0.1, 0.15) is 12.3 Å². The highest BCUT2D eigenvalue weighted by Crippen LogP contribution is 2.14. The van der Waals surface area contributed by atoms with E-state index < -0.39 is 5.97 Å². The molecule has 0 aliphatic heterocycles. The van der Waals surface area contributed by atoms with Crippen LogP contribution in [0.4, 0.5) is 5.69 Å². The van der Waals surface area contributed by atoms with Crippen molar-refractivity contribution in [2.45, 2.75) is 26.0 Å². The lowest BCUT2D eigenvalue weighted by molar-refractivity contribution is -0.136. The maximum atomic E-state index is 10.6. The van der Waals surface area contributed by atoms with Gasteiger partial charge in [0, 0.05) is 25.3 Å². The van der Waals surface area contributed by atoms with Gasteiger partial charge >= 0.3 is 5.97 Å². The fourth-order valence-corrected chi connectivity index (χ4v) is 1.93. The Morgan fingerprint density at radius 3 is 3.05 bits per heavy atom. The maximum Gasteiger partial charge on any atom is 0.303 e. The number of rotatable bonds is 8. The van der Waals surface area contributed by atoms with Crippen LogP contribution in [0.1, 0.15) is 23.4 Å². The summed E-state index contributed by atoms with van der Waals surface area (Å²) in [6.07, 6.45) is 0.653. The minimum Gasteiger partial charge on any atom is -0.481 e. The summed E-state index contributed by atoms with van der Waals surface area (Å²) in [6, 6.07) is 9.53. The van der Waals surface area contributed by atoms with Crippen molar-refractivity contribution < 1.29 is 19.2 Å². The lowest BCUT2D eigenvalue weighted by Gasteiger charge is -2.06. The number of ether oxygens (including phenoxy) is 1. The molecule has 0 radical (unpaired) electrons. The third-order valence-electron chi connectivity index (χ3n) is 2.92. The Morgan fingerprint density at radius 2 is 2.29 bits per heavy atom. The Bertz CT molecular complexity index is 595. The summed E-state index contributed by atoms with van der Waals surface area (Å²) >= 11 is 0. The number of aromatic nitrogens is 1. The second kappa shape index (κ2) is 7.44. The summed E-state index contributed by atoms with van der Waals surface area (Å²) in [6.45, 7) is 0.938. The molecule has 1 aromatic carbocycles. The van der Waals surface area contributed by atoms with E-state index in [1.165, 1.54) is 0 Å². The number of benzene rings is 1. The van der Waals surface area contributed by atoms with E-state index in [1.54, 1.807) is 7.11 Å². The summed E-state index contributed by atoms with van der Waals surface area (Å²) < 4.78 is 10.1. The molecule has 0 atom stereocenters. The van der Waals surface area contributed by atoms with E-state index in [4.69, 9.17) is 14.4 Å². The molecule has 0 spiro atoms. The second-order valence-corrected chi connectivity index (χ2v) is 4.67. The van der Waals surface area contributed by atoms with Crippen LogP contribution in [-0.4, -0.2) is 23.3 Å². The van der Waals surface area contributed by atoms with Gasteiger partial charge in [0.25, 0.3) is 0 Å². The molecule has 0 aliphatic rings. The van der Waals surface area contributed by atoms with Gasteiger partial charge in [-0.15, -0.1) is 0 Å². The van der Waals surface area contributed by atoms with Gasteiger partial charge in [0.15, 0.2) is 5.76 Å². The molecule has 0 unspecified atom stereocenters. The molecule has 2 aromatic rings. The van der Waals surface area contributed by atoms with E-state index in [9.17, 15) is 4.79 Å². The van der Waals surface area contributed by atoms with Crippen molar-refractivity contribution in [1.29, 1.82) is 0 Å². The zero-order chi connectivity index (χ0) is 15.1. The van der Waals surface area contributed by atoms with Crippen molar-refractivity contribution in [3.05, 3.63) is 47.3 Å². The van der Waals surface area contributed by atoms with Gasteiger partial charge in [-0.2, -0.15) is 0 Å². The molecule has 1 heterocycles. The number of hydrogen-bond donors (Lipinski definition) is 2. The zero-order valence-electron chi connectivity index (χ0n) is 11.8. The molecule has 0 fully saturated rings. The highest BCUT2D eigenvalue weighted by Gasteiger charge is 2.04. The van der Waals surface area contributed by atoms with E-state index in [0.717, 1.165) is 16.9 Å². The van der Waals surface area contributed by atoms with Crippen molar-refractivity contribution in [3.63, 3.8) is 0 Å². The first-order chi connectivity index (χ1) is 10.2. The zero-order valence-corrected chi connectivity index (χ0v) is 11.8. The van der Waals surface area contributed by atoms with Crippen LogP contribution in [-0.2, 0) is 29.1 Å². The largest absolute Gasteiger partial charge is 0.481 e. The minimum absolute atomic E-state index is 0.132. The Balaban J connectivity index is 1.89. The second-order valence-electron chi connectivity index (χ2n) is 4.67. The molecule has 0 amide bonds. The first-order valence-corrected chi connectivity index (χ1v) is 6.65. The first-order valence-electron chi connectivity index (χ1n) is 6.65. The number of carbonyl (C=O) groups is 1. The Hall–Kier alpha value is -2.34. The first kappa shape index (κ1) is 15.1. The van der Waals surface area contributed by atoms with Crippen LogP contribution < -0.4 is 5.32 Å². The van der Waals surface area contributed by atoms with E-state index in [-0.39, 0.29) is 6.42 Å². The van der Waals surface area contributed by atoms with Crippen molar-refractivity contribution in [3.8, 4) is 0 Å². The normalized spacial score (nSPS) is 10.5. The van der Waals surface area contributed by atoms with Gasteiger partial charge in [-0.05, 0) is 24.1 Å². The molecular formula is C15H18N2O4. The van der Waals surface area contributed by atoms with E-state index in [1.807, 2.05) is 30.3 Å². The average molecular weight is 290 g/mol. The molecule has 0 aliphatic carbocycles. The third-order valence-corrected chi connectivity index (χ3v) is 2.92. The predicted molar refractivity (Wildman–Crippen MR) is 76.9 cm³/mol. The lowest BCUT2D eigenvalue weighted by atomic mass is 10.1. The predicted octanol–water partition coefficient (Wildman–Crippen LogP) is 2.45. The van der Waals surface area contributed by atoms with Crippen LogP contribution in [0.3, 0.4) is 0 Å². The van der Waals surface area contributed by atoms with Crippen LogP contribution in [0.2, 0.25) is 0 Å². The smallest absolute Gasteiger partial charge is 0.303 e. The Labute approximate surface area is 122 Å². The third kappa shape index (κ3) is 4.92. The summed E-state index contributed by atoms with van der Waals surface area (Å²) in [5.41, 5.74) is 2.70. The molecule has 0 saturated carbocycles. The number of methoxy groups -OCH3 is 1. The number of hydrogen-bond acceptors (Lipinski definition) is 5. The van der Waals surface area contributed by atoms with Crippen molar-refractivity contribution in [2.24, 2.45) is 0 Å². The molecule has 21 heavy (non-hydrogen) atoms. The fourth-order valence-electron chi connectivity index (χ4n) is 1.93. The molecule has 0 saturated heterocycles. The van der Waals surface area contributed by atoms with Gasteiger partial charge < -0.3 is 19.7 Å². The quantitative estimate of drug-likeness (QED) is 0.777. The summed E-state index contributed by atoms with van der Waals surface area (Å²) in [7, 11) is 1.60. The molecule has 112 valence electrons. The lowest BCUT2D eigenvalue weighted by Crippen LogP contribution is -2.01.